The van der Waals surface area contributed by atoms with E-state index >= 15 is 0 Å². The summed E-state index contributed by atoms with van der Waals surface area (Å²) in [7, 11) is 3.45. The van der Waals surface area contributed by atoms with Crippen molar-refractivity contribution in [3.8, 4) is 22.2 Å². The summed E-state index contributed by atoms with van der Waals surface area (Å²) in [6.07, 6.45) is 7.52. The number of methoxy groups -OCH3 is 1. The fraction of sp³-hybridized carbons (Fsp3) is 0.541. The van der Waals surface area contributed by atoms with E-state index in [1.54, 1.807) is 30.3 Å². The van der Waals surface area contributed by atoms with Gasteiger partial charge in [0.25, 0.3) is 0 Å². The molecule has 1 aliphatic heterocycles. The zero-order valence-corrected chi connectivity index (χ0v) is 29.5. The van der Waals surface area contributed by atoms with Gasteiger partial charge in [-0.3, -0.25) is 9.59 Å². The predicted octanol–water partition coefficient (Wildman–Crippen LogP) is 6.21. The maximum atomic E-state index is 14.1. The molecule has 2 aliphatic carbocycles. The number of amides is 2. The maximum Gasteiger partial charge on any atom is 0.332 e. The number of aryl methyl sites for hydroxylation is 1. The van der Waals surface area contributed by atoms with Crippen LogP contribution in [-0.4, -0.2) is 71.6 Å². The molecule has 2 aromatic heterocycles. The Hall–Kier alpha value is -3.99. The summed E-state index contributed by atoms with van der Waals surface area (Å²) in [5, 5.41) is 6.73. The molecule has 0 spiro atoms. The molecule has 1 N–H and O–H groups in total. The van der Waals surface area contributed by atoms with Crippen LogP contribution in [0.2, 0.25) is 0 Å². The van der Waals surface area contributed by atoms with Gasteiger partial charge in [0.1, 0.15) is 33.8 Å². The van der Waals surface area contributed by atoms with Gasteiger partial charge in [-0.05, 0) is 70.4 Å². The summed E-state index contributed by atoms with van der Waals surface area (Å²) in [6, 6.07) is 5.76. The maximum absolute atomic E-state index is 14.1. The Labute approximate surface area is 286 Å². The number of hydrogen-bond acceptors (Lipinski definition) is 9. The van der Waals surface area contributed by atoms with Crippen molar-refractivity contribution in [3.63, 3.8) is 0 Å². The first-order chi connectivity index (χ1) is 23.1. The number of nitrogens with zero attached hydrogens (tertiary/aromatic N) is 3. The van der Waals surface area contributed by atoms with Gasteiger partial charge in [-0.2, -0.15) is 0 Å². The van der Waals surface area contributed by atoms with Crippen molar-refractivity contribution in [2.75, 3.05) is 27.3 Å². The van der Waals surface area contributed by atoms with Gasteiger partial charge in [0.2, 0.25) is 11.8 Å². The molecule has 256 valence electrons. The third-order valence-corrected chi connectivity index (χ3v) is 10.9. The monoisotopic (exact) mass is 674 g/mol. The number of ether oxygens (including phenoxy) is 3. The third kappa shape index (κ3) is 6.53. The molecule has 3 aromatic rings. The Morgan fingerprint density at radius 1 is 1.15 bits per heavy atom. The lowest BCUT2D eigenvalue weighted by atomic mass is 9.93. The van der Waals surface area contributed by atoms with Crippen molar-refractivity contribution in [1.29, 1.82) is 0 Å². The number of pyridine rings is 1. The fourth-order valence-electron chi connectivity index (χ4n) is 7.09. The minimum Gasteiger partial charge on any atom is -0.496 e. The number of carbonyl (C=O) groups is 3. The molecular weight excluding hydrogens is 628 g/mol. The van der Waals surface area contributed by atoms with Crippen molar-refractivity contribution >= 4 is 40.0 Å². The van der Waals surface area contributed by atoms with Crippen LogP contribution >= 0.6 is 11.3 Å². The normalized spacial score (nSPS) is 26.8. The summed E-state index contributed by atoms with van der Waals surface area (Å²) in [5.41, 5.74) is 2.23. The number of carbonyl (C=O) groups excluding carboxylic acids is 3. The Bertz CT molecular complexity index is 1740. The van der Waals surface area contributed by atoms with E-state index < -0.39 is 29.4 Å². The van der Waals surface area contributed by atoms with E-state index in [2.05, 4.69) is 30.6 Å². The van der Waals surface area contributed by atoms with Crippen LogP contribution in [0.15, 0.2) is 35.7 Å². The molecule has 0 saturated heterocycles. The van der Waals surface area contributed by atoms with Crippen LogP contribution < -0.4 is 14.8 Å². The molecule has 2 amide bonds. The van der Waals surface area contributed by atoms with E-state index in [1.807, 2.05) is 38.2 Å². The summed E-state index contributed by atoms with van der Waals surface area (Å²) in [4.78, 5) is 52.8. The lowest BCUT2D eigenvalue weighted by Gasteiger charge is -2.26. The predicted molar refractivity (Wildman–Crippen MR) is 185 cm³/mol. The Kier molecular flexibility index (Phi) is 9.79. The fourth-order valence-corrected chi connectivity index (χ4v) is 8.03. The van der Waals surface area contributed by atoms with Crippen LogP contribution in [0.4, 0.5) is 0 Å². The lowest BCUT2D eigenvalue weighted by molar-refractivity contribution is -0.150. The average Bonchev–Trinajstić information content (AvgIpc) is 3.37. The minimum absolute atomic E-state index is 0.0729. The largest absolute Gasteiger partial charge is 0.496 e. The molecule has 2 saturated carbocycles. The smallest absolute Gasteiger partial charge is 0.332 e. The van der Waals surface area contributed by atoms with Crippen molar-refractivity contribution < 1.29 is 28.6 Å². The number of allylic oxidation sites excluding steroid dienone is 1. The van der Waals surface area contributed by atoms with Crippen LogP contribution in [0.5, 0.6) is 11.5 Å². The van der Waals surface area contributed by atoms with E-state index in [9.17, 15) is 14.4 Å². The van der Waals surface area contributed by atoms with Crippen LogP contribution in [0, 0.1) is 24.7 Å². The van der Waals surface area contributed by atoms with E-state index in [0.717, 1.165) is 52.2 Å². The molecule has 10 nitrogen and oxygen atoms in total. The Morgan fingerprint density at radius 2 is 1.94 bits per heavy atom. The molecule has 1 aromatic carbocycles. The molecule has 0 bridgehead atoms. The standard InChI is InChI=1S/C37H46N4O6S/c1-7-46-36(44)37-19-23(37)12-10-8-9-11-15-41(5)35(43)27-17-24(16-26(27)33(42)40-37)47-31-18-28(34-39-29(20-48-34)21(2)3)38-32-22(4)30(45-6)14-13-25(31)32/h10,12-14,18,20-21,23-24,26-27H,7-9,11,15-17,19H2,1-6H3,(H,40,42)/b12-10-/t23-,24+,26+,27+,37-/m0/s1. The van der Waals surface area contributed by atoms with Crippen molar-refractivity contribution in [3.05, 3.63) is 47.0 Å². The highest BCUT2D eigenvalue weighted by atomic mass is 32.1. The lowest BCUT2D eigenvalue weighted by Crippen LogP contribution is -2.50. The molecule has 48 heavy (non-hydrogen) atoms. The first-order valence-corrected chi connectivity index (χ1v) is 18.0. The molecule has 6 rings (SSSR count). The van der Waals surface area contributed by atoms with Crippen molar-refractivity contribution in [1.82, 2.24) is 20.2 Å². The second-order valence-electron chi connectivity index (χ2n) is 13.6. The van der Waals surface area contributed by atoms with Gasteiger partial charge < -0.3 is 24.4 Å². The van der Waals surface area contributed by atoms with Gasteiger partial charge in [0, 0.05) is 41.9 Å². The SMILES string of the molecule is CCOC(=O)[C@]12C[C@@H]1/C=C\CCCCN(C)C(=O)[C@@H]1C[C@H](Oc3cc(-c4nc(C(C)C)cs4)nc4c(C)c(OC)ccc34)C[C@H]1C(=O)N2. The number of aromatic nitrogens is 2. The van der Waals surface area contributed by atoms with Gasteiger partial charge in [-0.1, -0.05) is 26.0 Å². The summed E-state index contributed by atoms with van der Waals surface area (Å²) in [6.45, 7) is 8.80. The van der Waals surface area contributed by atoms with Gasteiger partial charge >= 0.3 is 5.97 Å². The Balaban J connectivity index is 1.34. The van der Waals surface area contributed by atoms with Crippen LogP contribution in [0.3, 0.4) is 0 Å². The number of esters is 1. The molecular formula is C37H46N4O6S. The first kappa shape index (κ1) is 33.9. The topological polar surface area (TPSA) is 120 Å². The van der Waals surface area contributed by atoms with E-state index in [4.69, 9.17) is 24.2 Å². The summed E-state index contributed by atoms with van der Waals surface area (Å²) in [5.74, 6) is -0.551. The van der Waals surface area contributed by atoms with Gasteiger partial charge in [0.15, 0.2) is 0 Å². The second-order valence-corrected chi connectivity index (χ2v) is 14.5. The van der Waals surface area contributed by atoms with Crippen LogP contribution in [-0.2, 0) is 19.1 Å². The molecule has 11 heteroatoms. The average molecular weight is 675 g/mol. The quantitative estimate of drug-likeness (QED) is 0.232. The highest BCUT2D eigenvalue weighted by molar-refractivity contribution is 7.13. The molecule has 3 aliphatic rings. The molecule has 2 fully saturated rings. The number of fused-ring (bicyclic) bond motifs is 3. The second kappa shape index (κ2) is 13.9. The third-order valence-electron chi connectivity index (χ3n) is 10.0. The summed E-state index contributed by atoms with van der Waals surface area (Å²) >= 11 is 1.54. The van der Waals surface area contributed by atoms with Crippen LogP contribution in [0.25, 0.3) is 21.6 Å². The number of benzene rings is 1. The van der Waals surface area contributed by atoms with Gasteiger partial charge in [-0.15, -0.1) is 11.3 Å². The Morgan fingerprint density at radius 3 is 2.67 bits per heavy atom. The van der Waals surface area contributed by atoms with Crippen molar-refractivity contribution in [2.24, 2.45) is 17.8 Å². The zero-order valence-electron chi connectivity index (χ0n) is 28.7. The summed E-state index contributed by atoms with van der Waals surface area (Å²) < 4.78 is 17.8. The highest BCUT2D eigenvalue weighted by Crippen LogP contribution is 2.47. The highest BCUT2D eigenvalue weighted by Gasteiger charge is 2.62. The van der Waals surface area contributed by atoms with Gasteiger partial charge in [0.05, 0.1) is 36.8 Å². The molecule has 0 radical (unpaired) electrons. The molecule has 0 unspecified atom stereocenters. The number of rotatable bonds is 7. The number of thiazole rings is 1. The van der Waals surface area contributed by atoms with E-state index in [-0.39, 0.29) is 30.3 Å². The van der Waals surface area contributed by atoms with Gasteiger partial charge in [-0.25, -0.2) is 14.8 Å². The van der Waals surface area contributed by atoms with E-state index in [1.165, 1.54) is 0 Å². The van der Waals surface area contributed by atoms with E-state index in [0.29, 0.717) is 37.3 Å². The molecule has 3 heterocycles. The van der Waals surface area contributed by atoms with Crippen molar-refractivity contribution in [2.45, 2.75) is 83.8 Å². The zero-order chi connectivity index (χ0) is 34.2. The number of hydrogen-bond donors (Lipinski definition) is 1. The molecule has 5 atom stereocenters. The van der Waals surface area contributed by atoms with Crippen LogP contribution in [0.1, 0.15) is 76.5 Å². The minimum atomic E-state index is -1.10. The first-order valence-electron chi connectivity index (χ1n) is 17.1. The number of nitrogens with one attached hydrogen (secondary N) is 1.